The van der Waals surface area contributed by atoms with Gasteiger partial charge in [0.15, 0.2) is 6.29 Å². The predicted molar refractivity (Wildman–Crippen MR) is 243 cm³/mol. The van der Waals surface area contributed by atoms with E-state index in [1.165, 1.54) is 161 Å². The van der Waals surface area contributed by atoms with Crippen LogP contribution in [-0.2, 0) is 14.3 Å². The molecule has 0 aromatic carbocycles. The summed E-state index contributed by atoms with van der Waals surface area (Å²) >= 11 is 0. The van der Waals surface area contributed by atoms with E-state index in [4.69, 9.17) is 9.47 Å². The molecule has 1 rings (SSSR count). The van der Waals surface area contributed by atoms with Gasteiger partial charge in [0.2, 0.25) is 5.91 Å². The van der Waals surface area contributed by atoms with Crippen LogP contribution in [0.5, 0.6) is 0 Å². The number of hydrogen-bond donors (Lipinski definition) is 8. The van der Waals surface area contributed by atoms with E-state index >= 15 is 0 Å². The Labute approximate surface area is 367 Å². The Hall–Kier alpha value is -0.890. The third-order valence-corrected chi connectivity index (χ3v) is 12.7. The van der Waals surface area contributed by atoms with Gasteiger partial charge in [-0.05, 0) is 12.8 Å². The van der Waals surface area contributed by atoms with Crippen molar-refractivity contribution >= 4 is 5.91 Å². The summed E-state index contributed by atoms with van der Waals surface area (Å²) in [4.78, 5) is 13.1. The van der Waals surface area contributed by atoms with Gasteiger partial charge in [0.05, 0.1) is 25.4 Å². The van der Waals surface area contributed by atoms with Gasteiger partial charge in [-0.15, -0.1) is 0 Å². The van der Waals surface area contributed by atoms with Crippen LogP contribution in [0.3, 0.4) is 0 Å². The highest BCUT2D eigenvalue weighted by molar-refractivity contribution is 5.80. The van der Waals surface area contributed by atoms with E-state index in [0.29, 0.717) is 19.3 Å². The largest absolute Gasteiger partial charge is 0.394 e. The van der Waals surface area contributed by atoms with Crippen molar-refractivity contribution in [1.82, 2.24) is 5.32 Å². The van der Waals surface area contributed by atoms with Gasteiger partial charge in [0.25, 0.3) is 0 Å². The molecule has 9 atom stereocenters. The smallest absolute Gasteiger partial charge is 0.249 e. The Morgan fingerprint density at radius 1 is 0.517 bits per heavy atom. The van der Waals surface area contributed by atoms with Crippen LogP contribution in [0.2, 0.25) is 0 Å². The molecule has 0 aromatic heterocycles. The number of carbonyl (C=O) groups excluding carboxylic acids is 1. The molecule has 0 aliphatic carbocycles. The number of rotatable bonds is 43. The molecule has 0 radical (unpaired) electrons. The van der Waals surface area contributed by atoms with Crippen LogP contribution in [-0.4, -0.2) is 110 Å². The molecular weight excluding hydrogens is 763 g/mol. The zero-order chi connectivity index (χ0) is 44.1. The summed E-state index contributed by atoms with van der Waals surface area (Å²) in [5.74, 6) is -0.692. The van der Waals surface area contributed by atoms with Crippen LogP contribution in [0, 0.1) is 0 Å². The summed E-state index contributed by atoms with van der Waals surface area (Å²) in [6.45, 7) is 3.47. The van der Waals surface area contributed by atoms with Crippen molar-refractivity contribution in [2.75, 3.05) is 13.2 Å². The number of aliphatic hydroxyl groups excluding tert-OH is 7. The van der Waals surface area contributed by atoms with E-state index in [1.54, 1.807) is 0 Å². The second kappa shape index (κ2) is 39.7. The maximum atomic E-state index is 13.1. The zero-order valence-corrected chi connectivity index (χ0v) is 38.7. The van der Waals surface area contributed by atoms with Crippen molar-refractivity contribution in [2.45, 2.75) is 294 Å². The first-order valence-corrected chi connectivity index (χ1v) is 25.4. The fourth-order valence-corrected chi connectivity index (χ4v) is 8.44. The van der Waals surface area contributed by atoms with Crippen LogP contribution in [0.25, 0.3) is 0 Å². The summed E-state index contributed by atoms with van der Waals surface area (Å²) in [6, 6.07) is -1.16. The van der Waals surface area contributed by atoms with Crippen molar-refractivity contribution in [3.63, 3.8) is 0 Å². The third-order valence-electron chi connectivity index (χ3n) is 12.7. The normalized spacial score (nSPS) is 21.5. The van der Waals surface area contributed by atoms with Crippen LogP contribution < -0.4 is 5.32 Å². The third kappa shape index (κ3) is 28.7. The molecule has 0 saturated carbocycles. The average Bonchev–Trinajstić information content (AvgIpc) is 3.25. The van der Waals surface area contributed by atoms with E-state index in [-0.39, 0.29) is 6.42 Å². The highest BCUT2D eigenvalue weighted by Crippen LogP contribution is 2.23. The Morgan fingerprint density at radius 3 is 1.23 bits per heavy atom. The van der Waals surface area contributed by atoms with Crippen LogP contribution >= 0.6 is 0 Å². The van der Waals surface area contributed by atoms with E-state index in [2.05, 4.69) is 19.2 Å². The van der Waals surface area contributed by atoms with Crippen LogP contribution in [0.4, 0.5) is 0 Å². The summed E-state index contributed by atoms with van der Waals surface area (Å²) < 4.78 is 11.1. The van der Waals surface area contributed by atoms with Gasteiger partial charge in [-0.2, -0.15) is 0 Å². The lowest BCUT2D eigenvalue weighted by atomic mass is 9.98. The first-order valence-electron chi connectivity index (χ1n) is 25.4. The maximum absolute atomic E-state index is 13.1. The lowest BCUT2D eigenvalue weighted by Gasteiger charge is -2.40. The van der Waals surface area contributed by atoms with E-state index in [1.807, 2.05) is 0 Å². The Kier molecular flexibility index (Phi) is 37.8. The molecule has 1 saturated heterocycles. The summed E-state index contributed by atoms with van der Waals surface area (Å²) in [6.07, 6.45) is 30.0. The number of unbranched alkanes of at least 4 members (excludes halogenated alkanes) is 31. The molecule has 11 nitrogen and oxygen atoms in total. The molecule has 1 aliphatic heterocycles. The molecule has 60 heavy (non-hydrogen) atoms. The second-order valence-corrected chi connectivity index (χ2v) is 18.3. The minimum absolute atomic E-state index is 0.267. The predicted octanol–water partition coefficient (Wildman–Crippen LogP) is 9.06. The second-order valence-electron chi connectivity index (χ2n) is 18.3. The molecule has 8 N–H and O–H groups in total. The van der Waals surface area contributed by atoms with Crippen LogP contribution in [0.1, 0.15) is 239 Å². The fraction of sp³-hybridized carbons (Fsp3) is 0.980. The molecule has 0 aromatic rings. The number of nitrogens with one attached hydrogen (secondary N) is 1. The number of aliphatic hydroxyl groups is 7. The number of ether oxygens (including phenoxy) is 2. The lowest BCUT2D eigenvalue weighted by molar-refractivity contribution is -0.303. The topological polar surface area (TPSA) is 189 Å². The Morgan fingerprint density at radius 2 is 0.867 bits per heavy atom. The van der Waals surface area contributed by atoms with Crippen molar-refractivity contribution < 1.29 is 50.0 Å². The van der Waals surface area contributed by atoms with E-state index in [0.717, 1.165) is 38.5 Å². The van der Waals surface area contributed by atoms with Crippen molar-refractivity contribution in [3.05, 3.63) is 0 Å². The van der Waals surface area contributed by atoms with Gasteiger partial charge >= 0.3 is 0 Å². The molecule has 1 heterocycles. The number of amides is 1. The summed E-state index contributed by atoms with van der Waals surface area (Å²) in [7, 11) is 0. The first-order chi connectivity index (χ1) is 29.2. The lowest BCUT2D eigenvalue weighted by Crippen LogP contribution is -2.60. The molecule has 0 bridgehead atoms. The fourth-order valence-electron chi connectivity index (χ4n) is 8.44. The number of carbonyl (C=O) groups is 1. The highest BCUT2D eigenvalue weighted by atomic mass is 16.7. The van der Waals surface area contributed by atoms with Gasteiger partial charge < -0.3 is 50.5 Å². The van der Waals surface area contributed by atoms with Crippen LogP contribution in [0.15, 0.2) is 0 Å². The first kappa shape index (κ1) is 57.1. The van der Waals surface area contributed by atoms with Gasteiger partial charge in [-0.1, -0.05) is 226 Å². The molecular formula is C49H97NO10. The molecule has 1 fully saturated rings. The Bertz CT molecular complexity index is 944. The maximum Gasteiger partial charge on any atom is 0.249 e. The average molecular weight is 860 g/mol. The molecule has 358 valence electrons. The van der Waals surface area contributed by atoms with E-state index < -0.39 is 74.2 Å². The van der Waals surface area contributed by atoms with Crippen molar-refractivity contribution in [3.8, 4) is 0 Å². The standard InChI is InChI=1S/C49H97NO10/c1-3-5-7-9-11-13-15-17-19-20-21-22-23-25-27-29-31-33-35-37-42(53)48(58)50-40(39-59-49-47(57)46(56)45(55)43(38-51)60-49)44(54)41(52)36-34-32-30-28-26-24-18-16-14-12-10-8-6-4-2/h40-47,49,51-57H,3-39H2,1-2H3,(H,50,58)/t40-,41+,42+,43+,44-,45-,46-,47+,49-/m0/s1. The quantitative estimate of drug-likeness (QED) is 0.0275. The summed E-state index contributed by atoms with van der Waals surface area (Å²) in [5.41, 5.74) is 0. The monoisotopic (exact) mass is 860 g/mol. The highest BCUT2D eigenvalue weighted by Gasteiger charge is 2.44. The van der Waals surface area contributed by atoms with Gasteiger partial charge in [0, 0.05) is 0 Å². The molecule has 1 amide bonds. The molecule has 11 heteroatoms. The summed E-state index contributed by atoms with van der Waals surface area (Å²) in [5, 5.41) is 75.8. The van der Waals surface area contributed by atoms with Gasteiger partial charge in [0.1, 0.15) is 36.6 Å². The van der Waals surface area contributed by atoms with E-state index in [9.17, 15) is 40.5 Å². The SMILES string of the molecule is CCCCCCCCCCCCCCCCCCCCC[C@@H](O)C(=O)N[C@@H](CO[C@H]1O[C@H](CO)[C@H](O)[C@H](O)[C@H]1O)[C@H](O)[C@H](O)CCCCCCCCCCCCCCCC. The molecule has 0 spiro atoms. The molecule has 1 aliphatic rings. The number of hydrogen-bond acceptors (Lipinski definition) is 10. The molecule has 0 unspecified atom stereocenters. The van der Waals surface area contributed by atoms with Gasteiger partial charge in [-0.25, -0.2) is 0 Å². The zero-order valence-electron chi connectivity index (χ0n) is 38.7. The van der Waals surface area contributed by atoms with Gasteiger partial charge in [-0.3, -0.25) is 4.79 Å². The Balaban J connectivity index is 2.38. The minimum Gasteiger partial charge on any atom is -0.394 e. The van der Waals surface area contributed by atoms with Crippen molar-refractivity contribution in [2.24, 2.45) is 0 Å². The van der Waals surface area contributed by atoms with Crippen molar-refractivity contribution in [1.29, 1.82) is 0 Å². The minimum atomic E-state index is -1.66.